The van der Waals surface area contributed by atoms with Crippen molar-refractivity contribution in [2.75, 3.05) is 11.9 Å². The summed E-state index contributed by atoms with van der Waals surface area (Å²) in [5.41, 5.74) is 0.543. The Labute approximate surface area is 97.4 Å². The number of aromatic nitrogens is 1. The van der Waals surface area contributed by atoms with Gasteiger partial charge in [0, 0.05) is 24.7 Å². The van der Waals surface area contributed by atoms with E-state index in [2.05, 4.69) is 15.6 Å². The topological polar surface area (TPSA) is 97.2 Å². The predicted octanol–water partition coefficient (Wildman–Crippen LogP) is 0.599. The summed E-state index contributed by atoms with van der Waals surface area (Å²) in [5, 5.41) is 16.4. The molecule has 1 saturated heterocycles. The van der Waals surface area contributed by atoms with Gasteiger partial charge in [-0.05, 0) is 6.92 Å². The van der Waals surface area contributed by atoms with Gasteiger partial charge in [0.15, 0.2) is 0 Å². The minimum atomic E-state index is -0.444. The van der Waals surface area contributed by atoms with Gasteiger partial charge in [-0.2, -0.15) is 0 Å². The molecule has 17 heavy (non-hydrogen) atoms. The maximum Gasteiger partial charge on any atom is 0.277 e. The lowest BCUT2D eigenvalue weighted by atomic mass is 10.2. The van der Waals surface area contributed by atoms with Crippen LogP contribution in [-0.2, 0) is 4.79 Å². The third kappa shape index (κ3) is 2.49. The highest BCUT2D eigenvalue weighted by Gasteiger charge is 2.22. The minimum Gasteiger partial charge on any atom is -0.365 e. The number of rotatable bonds is 3. The van der Waals surface area contributed by atoms with Crippen molar-refractivity contribution in [3.05, 3.63) is 27.9 Å². The van der Waals surface area contributed by atoms with Crippen LogP contribution < -0.4 is 10.6 Å². The van der Waals surface area contributed by atoms with Gasteiger partial charge in [-0.1, -0.05) is 0 Å². The molecule has 1 atom stereocenters. The number of anilines is 1. The Morgan fingerprint density at radius 2 is 2.41 bits per heavy atom. The zero-order valence-electron chi connectivity index (χ0n) is 9.27. The number of nitrogens with one attached hydrogen (secondary N) is 2. The molecular formula is C10H12N4O3. The molecule has 0 radical (unpaired) electrons. The van der Waals surface area contributed by atoms with Crippen LogP contribution >= 0.6 is 0 Å². The number of nitro groups is 1. The quantitative estimate of drug-likeness (QED) is 0.591. The Hall–Kier alpha value is -2.18. The van der Waals surface area contributed by atoms with Gasteiger partial charge in [-0.3, -0.25) is 14.9 Å². The molecule has 7 heteroatoms. The summed E-state index contributed by atoms with van der Waals surface area (Å²) in [4.78, 5) is 25.4. The molecule has 7 nitrogen and oxygen atoms in total. The Morgan fingerprint density at radius 1 is 1.65 bits per heavy atom. The van der Waals surface area contributed by atoms with E-state index >= 15 is 0 Å². The smallest absolute Gasteiger partial charge is 0.277 e. The summed E-state index contributed by atoms with van der Waals surface area (Å²) >= 11 is 0. The standard InChI is InChI=1S/C10H12N4O3/c1-6-4-11-9(3-8(6)14(16)17)13-7-2-10(15)12-5-7/h3-4,7H,2,5H2,1H3,(H,11,13)(H,12,15). The molecule has 0 spiro atoms. The fourth-order valence-electron chi connectivity index (χ4n) is 1.71. The van der Waals surface area contributed by atoms with Crippen molar-refractivity contribution in [2.45, 2.75) is 19.4 Å². The number of nitrogens with zero attached hydrogens (tertiary/aromatic N) is 2. The van der Waals surface area contributed by atoms with E-state index in [0.29, 0.717) is 24.3 Å². The van der Waals surface area contributed by atoms with Gasteiger partial charge in [-0.15, -0.1) is 0 Å². The minimum absolute atomic E-state index is 0.0240. The molecule has 90 valence electrons. The van der Waals surface area contributed by atoms with Gasteiger partial charge < -0.3 is 10.6 Å². The molecule has 2 N–H and O–H groups in total. The van der Waals surface area contributed by atoms with E-state index in [1.165, 1.54) is 12.3 Å². The number of pyridine rings is 1. The second kappa shape index (κ2) is 4.36. The molecular weight excluding hydrogens is 224 g/mol. The molecule has 1 aromatic heterocycles. The van der Waals surface area contributed by atoms with Crippen LogP contribution in [0.25, 0.3) is 0 Å². The van der Waals surface area contributed by atoms with Gasteiger partial charge in [0.25, 0.3) is 5.69 Å². The summed E-state index contributed by atoms with van der Waals surface area (Å²) in [6, 6.07) is 1.33. The Morgan fingerprint density at radius 3 is 3.00 bits per heavy atom. The molecule has 2 heterocycles. The Kier molecular flexibility index (Phi) is 2.90. The van der Waals surface area contributed by atoms with E-state index in [4.69, 9.17) is 0 Å². The predicted molar refractivity (Wildman–Crippen MR) is 60.7 cm³/mol. The van der Waals surface area contributed by atoms with Crippen molar-refractivity contribution >= 4 is 17.4 Å². The van der Waals surface area contributed by atoms with E-state index in [1.54, 1.807) is 6.92 Å². The third-order valence-corrected chi connectivity index (χ3v) is 2.60. The monoisotopic (exact) mass is 236 g/mol. The van der Waals surface area contributed by atoms with E-state index in [1.807, 2.05) is 0 Å². The zero-order valence-corrected chi connectivity index (χ0v) is 9.27. The summed E-state index contributed by atoms with van der Waals surface area (Å²) < 4.78 is 0. The lowest BCUT2D eigenvalue weighted by Crippen LogP contribution is -2.22. The lowest BCUT2D eigenvalue weighted by Gasteiger charge is -2.10. The molecule has 0 bridgehead atoms. The molecule has 1 amide bonds. The Bertz CT molecular complexity index is 475. The molecule has 1 unspecified atom stereocenters. The first-order chi connectivity index (χ1) is 8.06. The zero-order chi connectivity index (χ0) is 12.4. The van der Waals surface area contributed by atoms with Gasteiger partial charge in [0.05, 0.1) is 17.0 Å². The lowest BCUT2D eigenvalue weighted by molar-refractivity contribution is -0.385. The summed E-state index contributed by atoms with van der Waals surface area (Å²) in [6.07, 6.45) is 1.81. The first-order valence-electron chi connectivity index (χ1n) is 5.20. The highest BCUT2D eigenvalue weighted by Crippen LogP contribution is 2.20. The average molecular weight is 236 g/mol. The fourth-order valence-corrected chi connectivity index (χ4v) is 1.71. The molecule has 1 aliphatic heterocycles. The van der Waals surface area contributed by atoms with E-state index in [9.17, 15) is 14.9 Å². The van der Waals surface area contributed by atoms with Crippen molar-refractivity contribution in [3.8, 4) is 0 Å². The number of hydrogen-bond acceptors (Lipinski definition) is 5. The number of hydrogen-bond donors (Lipinski definition) is 2. The second-order valence-corrected chi connectivity index (χ2v) is 3.96. The maximum atomic E-state index is 11.0. The first kappa shape index (κ1) is 11.3. The molecule has 0 aliphatic carbocycles. The van der Waals surface area contributed by atoms with Crippen LogP contribution in [0.3, 0.4) is 0 Å². The highest BCUT2D eigenvalue weighted by atomic mass is 16.6. The molecule has 0 aromatic carbocycles. The van der Waals surface area contributed by atoms with Crippen molar-refractivity contribution in [1.29, 1.82) is 0 Å². The van der Waals surface area contributed by atoms with Gasteiger partial charge in [0.1, 0.15) is 5.82 Å². The summed E-state index contributed by atoms with van der Waals surface area (Å²) in [5.74, 6) is 0.396. The number of carbonyl (C=O) groups is 1. The van der Waals surface area contributed by atoms with E-state index in [0.717, 1.165) is 0 Å². The maximum absolute atomic E-state index is 11.0. The molecule has 1 aliphatic rings. The third-order valence-electron chi connectivity index (χ3n) is 2.60. The van der Waals surface area contributed by atoms with Gasteiger partial charge >= 0.3 is 0 Å². The van der Waals surface area contributed by atoms with Crippen LogP contribution in [0, 0.1) is 17.0 Å². The van der Waals surface area contributed by atoms with Gasteiger partial charge in [-0.25, -0.2) is 4.98 Å². The average Bonchev–Trinajstić information content (AvgIpc) is 2.66. The van der Waals surface area contributed by atoms with Crippen LogP contribution in [0.15, 0.2) is 12.3 Å². The molecule has 1 fully saturated rings. The summed E-state index contributed by atoms with van der Waals surface area (Å²) in [7, 11) is 0. The number of aryl methyl sites for hydroxylation is 1. The van der Waals surface area contributed by atoms with Gasteiger partial charge in [0.2, 0.25) is 5.91 Å². The van der Waals surface area contributed by atoms with Crippen LogP contribution in [0.2, 0.25) is 0 Å². The molecule has 2 rings (SSSR count). The number of carbonyl (C=O) groups excluding carboxylic acids is 1. The van der Waals surface area contributed by atoms with Crippen LogP contribution in [0.1, 0.15) is 12.0 Å². The molecule has 0 saturated carbocycles. The van der Waals surface area contributed by atoms with Crippen molar-refractivity contribution < 1.29 is 9.72 Å². The number of amides is 1. The van der Waals surface area contributed by atoms with Crippen molar-refractivity contribution in [2.24, 2.45) is 0 Å². The second-order valence-electron chi connectivity index (χ2n) is 3.96. The fraction of sp³-hybridized carbons (Fsp3) is 0.400. The van der Waals surface area contributed by atoms with E-state index in [-0.39, 0.29) is 17.6 Å². The van der Waals surface area contributed by atoms with E-state index < -0.39 is 4.92 Å². The normalized spacial score (nSPS) is 18.9. The Balaban J connectivity index is 2.14. The highest BCUT2D eigenvalue weighted by molar-refractivity contribution is 5.79. The van der Waals surface area contributed by atoms with Crippen molar-refractivity contribution in [3.63, 3.8) is 0 Å². The largest absolute Gasteiger partial charge is 0.365 e. The van der Waals surface area contributed by atoms with Crippen LogP contribution in [0.5, 0.6) is 0 Å². The summed E-state index contributed by atoms with van der Waals surface area (Å²) in [6.45, 7) is 2.15. The molecule has 1 aromatic rings. The first-order valence-corrected chi connectivity index (χ1v) is 5.20. The SMILES string of the molecule is Cc1cnc(NC2CNC(=O)C2)cc1[N+](=O)[O-]. The van der Waals surface area contributed by atoms with Crippen molar-refractivity contribution in [1.82, 2.24) is 10.3 Å². The van der Waals surface area contributed by atoms with Crippen LogP contribution in [0.4, 0.5) is 11.5 Å². The van der Waals surface area contributed by atoms with Crippen LogP contribution in [-0.4, -0.2) is 28.4 Å².